The van der Waals surface area contributed by atoms with Crippen molar-refractivity contribution in [2.45, 2.75) is 31.3 Å². The number of benzene rings is 2. The number of carbonyl (C=O) groups excluding carboxylic acids is 1. The number of rotatable bonds is 6. The number of hydrogen-bond donors (Lipinski definition) is 1. The van der Waals surface area contributed by atoms with E-state index in [4.69, 9.17) is 0 Å². The predicted molar refractivity (Wildman–Crippen MR) is 103 cm³/mol. The Labute approximate surface area is 152 Å². The van der Waals surface area contributed by atoms with Crippen molar-refractivity contribution in [1.82, 2.24) is 15.3 Å². The number of hydrogen-bond acceptors (Lipinski definition) is 4. The van der Waals surface area contributed by atoms with Crippen molar-refractivity contribution in [3.63, 3.8) is 0 Å². The maximum absolute atomic E-state index is 12.3. The van der Waals surface area contributed by atoms with Crippen LogP contribution < -0.4 is 5.32 Å². The summed E-state index contributed by atoms with van der Waals surface area (Å²) in [6.07, 6.45) is 2.56. The lowest BCUT2D eigenvalue weighted by Crippen LogP contribution is -2.28. The molecule has 0 aliphatic heterocycles. The normalized spacial score (nSPS) is 12.1. The van der Waals surface area contributed by atoms with Crippen LogP contribution in [0.2, 0.25) is 0 Å². The van der Waals surface area contributed by atoms with E-state index in [2.05, 4.69) is 46.5 Å². The van der Waals surface area contributed by atoms with E-state index in [1.54, 1.807) is 6.33 Å². The molecule has 1 atom stereocenters. The van der Waals surface area contributed by atoms with Gasteiger partial charge >= 0.3 is 0 Å². The number of nitrogens with zero attached hydrogens (tertiary/aromatic N) is 2. The second-order valence-electron chi connectivity index (χ2n) is 5.87. The lowest BCUT2D eigenvalue weighted by atomic mass is 10.1. The van der Waals surface area contributed by atoms with Gasteiger partial charge in [-0.1, -0.05) is 61.2 Å². The zero-order valence-corrected chi connectivity index (χ0v) is 15.2. The van der Waals surface area contributed by atoms with Crippen molar-refractivity contribution in [3.8, 4) is 0 Å². The minimum Gasteiger partial charge on any atom is -0.349 e. The highest BCUT2D eigenvalue weighted by atomic mass is 32.2. The number of carbonyl (C=O) groups is 1. The van der Waals surface area contributed by atoms with Crippen LogP contribution in [0.3, 0.4) is 0 Å². The summed E-state index contributed by atoms with van der Waals surface area (Å²) in [6, 6.07) is 16.2. The Morgan fingerprint density at radius 1 is 1.12 bits per heavy atom. The fourth-order valence-electron chi connectivity index (χ4n) is 2.64. The first-order chi connectivity index (χ1) is 12.2. The fraction of sp³-hybridized carbons (Fsp3) is 0.250. The summed E-state index contributed by atoms with van der Waals surface area (Å²) in [5.41, 5.74) is 3.31. The molecular weight excluding hydrogens is 330 g/mol. The first-order valence-corrected chi connectivity index (χ1v) is 9.36. The van der Waals surface area contributed by atoms with E-state index < -0.39 is 0 Å². The molecule has 4 nitrogen and oxygen atoms in total. The standard InChI is InChI=1S/C20H21N3OS/c1-3-15-8-10-16(11-9-15)14(2)23-19(24)12-25-20-17-6-4-5-7-18(17)21-13-22-20/h4-11,13-14H,3,12H2,1-2H3,(H,23,24)/t14-/m0/s1. The minimum atomic E-state index is -0.0128. The van der Waals surface area contributed by atoms with E-state index in [-0.39, 0.29) is 11.9 Å². The van der Waals surface area contributed by atoms with Crippen LogP contribution in [0.15, 0.2) is 59.9 Å². The van der Waals surface area contributed by atoms with Crippen LogP contribution in [-0.4, -0.2) is 21.6 Å². The highest BCUT2D eigenvalue weighted by molar-refractivity contribution is 8.00. The molecule has 0 saturated heterocycles. The molecule has 1 heterocycles. The average Bonchev–Trinajstić information content (AvgIpc) is 2.66. The molecule has 5 heteroatoms. The van der Waals surface area contributed by atoms with Gasteiger partial charge in [-0.3, -0.25) is 4.79 Å². The van der Waals surface area contributed by atoms with Gasteiger partial charge in [-0.2, -0.15) is 0 Å². The first kappa shape index (κ1) is 17.4. The second kappa shape index (κ2) is 8.12. The number of fused-ring (bicyclic) bond motifs is 1. The molecule has 128 valence electrons. The van der Waals surface area contributed by atoms with Crippen molar-refractivity contribution in [3.05, 3.63) is 66.0 Å². The van der Waals surface area contributed by atoms with Crippen molar-refractivity contribution >= 4 is 28.6 Å². The summed E-state index contributed by atoms with van der Waals surface area (Å²) >= 11 is 1.44. The van der Waals surface area contributed by atoms with Gasteiger partial charge in [0.1, 0.15) is 11.4 Å². The van der Waals surface area contributed by atoms with Gasteiger partial charge in [0.15, 0.2) is 0 Å². The third-order valence-corrected chi connectivity index (χ3v) is 5.12. The van der Waals surface area contributed by atoms with E-state index >= 15 is 0 Å². The summed E-state index contributed by atoms with van der Waals surface area (Å²) in [4.78, 5) is 20.8. The first-order valence-electron chi connectivity index (χ1n) is 8.38. The van der Waals surface area contributed by atoms with Crippen LogP contribution in [0.4, 0.5) is 0 Å². The van der Waals surface area contributed by atoms with Gasteiger partial charge in [-0.15, -0.1) is 0 Å². The molecule has 0 fully saturated rings. The Morgan fingerprint density at radius 3 is 2.64 bits per heavy atom. The Morgan fingerprint density at radius 2 is 1.88 bits per heavy atom. The maximum atomic E-state index is 12.3. The molecule has 1 amide bonds. The lowest BCUT2D eigenvalue weighted by Gasteiger charge is -2.14. The van der Waals surface area contributed by atoms with Crippen LogP contribution in [-0.2, 0) is 11.2 Å². The van der Waals surface area contributed by atoms with Crippen molar-refractivity contribution < 1.29 is 4.79 Å². The summed E-state index contributed by atoms with van der Waals surface area (Å²) in [5.74, 6) is 0.332. The van der Waals surface area contributed by atoms with E-state index in [9.17, 15) is 4.79 Å². The third-order valence-electron chi connectivity index (χ3n) is 4.11. The number of aryl methyl sites for hydroxylation is 1. The van der Waals surface area contributed by atoms with E-state index in [1.165, 1.54) is 17.3 Å². The maximum Gasteiger partial charge on any atom is 0.230 e. The monoisotopic (exact) mass is 351 g/mol. The molecule has 0 saturated carbocycles. The van der Waals surface area contributed by atoms with Crippen LogP contribution in [0.1, 0.15) is 31.0 Å². The van der Waals surface area contributed by atoms with E-state index in [1.807, 2.05) is 31.2 Å². The molecule has 0 radical (unpaired) electrons. The van der Waals surface area contributed by atoms with Gasteiger partial charge in [0, 0.05) is 5.39 Å². The van der Waals surface area contributed by atoms with Crippen LogP contribution in [0.5, 0.6) is 0 Å². The molecule has 3 rings (SSSR count). The number of amides is 1. The highest BCUT2D eigenvalue weighted by Crippen LogP contribution is 2.24. The van der Waals surface area contributed by atoms with Gasteiger partial charge in [-0.25, -0.2) is 9.97 Å². The quantitative estimate of drug-likeness (QED) is 0.535. The van der Waals surface area contributed by atoms with Crippen LogP contribution >= 0.6 is 11.8 Å². The molecule has 1 aromatic heterocycles. The molecule has 0 bridgehead atoms. The van der Waals surface area contributed by atoms with Gasteiger partial charge in [0.05, 0.1) is 17.3 Å². The number of aromatic nitrogens is 2. The molecule has 0 aliphatic carbocycles. The zero-order valence-electron chi connectivity index (χ0n) is 14.4. The highest BCUT2D eigenvalue weighted by Gasteiger charge is 2.11. The second-order valence-corrected chi connectivity index (χ2v) is 6.83. The SMILES string of the molecule is CCc1ccc([C@H](C)NC(=O)CSc2ncnc3ccccc23)cc1. The number of nitrogens with one attached hydrogen (secondary N) is 1. The van der Waals surface area contributed by atoms with Gasteiger partial charge in [0.2, 0.25) is 5.91 Å². The molecule has 3 aromatic rings. The van der Waals surface area contributed by atoms with Crippen molar-refractivity contribution in [1.29, 1.82) is 0 Å². The predicted octanol–water partition coefficient (Wildman–Crippen LogP) is 4.16. The Kier molecular flexibility index (Phi) is 5.66. The lowest BCUT2D eigenvalue weighted by molar-refractivity contribution is -0.119. The summed E-state index contributed by atoms with van der Waals surface area (Å²) < 4.78 is 0. The fourth-order valence-corrected chi connectivity index (χ4v) is 3.44. The summed E-state index contributed by atoms with van der Waals surface area (Å²) in [7, 11) is 0. The van der Waals surface area contributed by atoms with Crippen molar-refractivity contribution in [2.75, 3.05) is 5.75 Å². The molecule has 0 spiro atoms. The zero-order chi connectivity index (χ0) is 17.6. The summed E-state index contributed by atoms with van der Waals surface area (Å²) in [6.45, 7) is 4.14. The van der Waals surface area contributed by atoms with Crippen molar-refractivity contribution in [2.24, 2.45) is 0 Å². The number of para-hydroxylation sites is 1. The molecule has 25 heavy (non-hydrogen) atoms. The van der Waals surface area contributed by atoms with Crippen LogP contribution in [0, 0.1) is 0 Å². The van der Waals surface area contributed by atoms with Gasteiger partial charge in [-0.05, 0) is 30.5 Å². The Hall–Kier alpha value is -2.40. The molecule has 0 unspecified atom stereocenters. The van der Waals surface area contributed by atoms with E-state index in [0.29, 0.717) is 5.75 Å². The largest absolute Gasteiger partial charge is 0.349 e. The average molecular weight is 351 g/mol. The van der Waals surface area contributed by atoms with E-state index in [0.717, 1.165) is 27.9 Å². The van der Waals surface area contributed by atoms with Crippen LogP contribution in [0.25, 0.3) is 10.9 Å². The third kappa shape index (κ3) is 4.37. The number of thioether (sulfide) groups is 1. The molecular formula is C20H21N3OS. The topological polar surface area (TPSA) is 54.9 Å². The molecule has 2 aromatic carbocycles. The van der Waals surface area contributed by atoms with Gasteiger partial charge < -0.3 is 5.32 Å². The Balaban J connectivity index is 1.60. The smallest absolute Gasteiger partial charge is 0.230 e. The summed E-state index contributed by atoms with van der Waals surface area (Å²) in [5, 5.41) is 4.86. The Bertz CT molecular complexity index is 859. The minimum absolute atomic E-state index is 0.000221. The molecule has 1 N–H and O–H groups in total. The molecule has 0 aliphatic rings. The van der Waals surface area contributed by atoms with Gasteiger partial charge in [0.25, 0.3) is 0 Å².